The second-order valence-corrected chi connectivity index (χ2v) is 9.64. The molecule has 1 saturated carbocycles. The quantitative estimate of drug-likeness (QED) is 0.377. The number of benzene rings is 1. The Labute approximate surface area is 193 Å². The molecule has 2 N–H and O–H groups in total. The van der Waals surface area contributed by atoms with Gasteiger partial charge in [0, 0.05) is 28.9 Å². The van der Waals surface area contributed by atoms with Crippen molar-refractivity contribution >= 4 is 49.3 Å². The van der Waals surface area contributed by atoms with Gasteiger partial charge < -0.3 is 14.8 Å². The number of aliphatic hydroxyl groups is 2. The maximum absolute atomic E-state index is 10.8. The topological polar surface area (TPSA) is 71.2 Å². The lowest BCUT2D eigenvalue weighted by Crippen LogP contribution is -2.29. The van der Waals surface area contributed by atoms with Crippen LogP contribution in [0.5, 0.6) is 0 Å². The molecule has 31 heavy (non-hydrogen) atoms. The predicted molar refractivity (Wildman–Crippen MR) is 126 cm³/mol. The lowest BCUT2D eigenvalue weighted by atomic mass is 9.95. The Morgan fingerprint density at radius 2 is 2.00 bits per heavy atom. The van der Waals surface area contributed by atoms with E-state index in [0.717, 1.165) is 56.8 Å². The minimum absolute atomic E-state index is 0.0255. The van der Waals surface area contributed by atoms with Crippen LogP contribution in [0.3, 0.4) is 0 Å². The summed E-state index contributed by atoms with van der Waals surface area (Å²) in [4.78, 5) is 8.79. The Bertz CT molecular complexity index is 1270. The summed E-state index contributed by atoms with van der Waals surface area (Å²) in [5.74, 6) is 0.0255. The number of aromatic nitrogens is 3. The molecule has 1 aliphatic carbocycles. The van der Waals surface area contributed by atoms with Crippen LogP contribution in [0.4, 0.5) is 0 Å². The molecule has 3 aromatic heterocycles. The van der Waals surface area contributed by atoms with Crippen LogP contribution in [-0.4, -0.2) is 37.0 Å². The van der Waals surface area contributed by atoms with Crippen LogP contribution in [0, 0.1) is 12.8 Å². The first kappa shape index (κ1) is 20.9. The Balaban J connectivity index is 1.34. The van der Waals surface area contributed by atoms with E-state index >= 15 is 0 Å². The highest BCUT2D eigenvalue weighted by Crippen LogP contribution is 2.40. The zero-order chi connectivity index (χ0) is 21.7. The van der Waals surface area contributed by atoms with Gasteiger partial charge in [0.1, 0.15) is 11.3 Å². The molecule has 4 aromatic rings. The zero-order valence-electron chi connectivity index (χ0n) is 17.0. The number of rotatable bonds is 4. The molecule has 1 aliphatic rings. The van der Waals surface area contributed by atoms with Gasteiger partial charge >= 0.3 is 0 Å². The number of halogens is 2. The molecule has 1 fully saturated rings. The summed E-state index contributed by atoms with van der Waals surface area (Å²) in [6.07, 6.45) is 4.60. The van der Waals surface area contributed by atoms with Crippen molar-refractivity contribution in [2.24, 2.45) is 5.92 Å². The highest BCUT2D eigenvalue weighted by atomic mass is 79.9. The standard InChI is InChI=1S/C24H23BrClN3O2/c1-13-17-7-9-29(20(17)6-8-27-13)21-12-16(22(30)23(21)31)5-3-14-2-4-15-11-18(25)24(26)28-19(15)10-14/h2,4,6-11,16,21-23,30-31H,3,5,12H2,1H3/t16-,21+,22+,23-/m0/s1. The molecular weight excluding hydrogens is 478 g/mol. The van der Waals surface area contributed by atoms with Crippen LogP contribution in [-0.2, 0) is 6.42 Å². The molecular formula is C24H23BrClN3O2. The highest BCUT2D eigenvalue weighted by Gasteiger charge is 2.42. The molecule has 160 valence electrons. The fourth-order valence-corrected chi connectivity index (χ4v) is 5.33. The number of hydrogen-bond donors (Lipinski definition) is 2. The van der Waals surface area contributed by atoms with E-state index in [-0.39, 0.29) is 12.0 Å². The van der Waals surface area contributed by atoms with Gasteiger partial charge in [-0.2, -0.15) is 0 Å². The maximum atomic E-state index is 10.8. The van der Waals surface area contributed by atoms with Crippen molar-refractivity contribution in [3.05, 3.63) is 69.7 Å². The molecule has 4 atom stereocenters. The van der Waals surface area contributed by atoms with Crippen LogP contribution in [0.1, 0.15) is 30.1 Å². The van der Waals surface area contributed by atoms with Crippen LogP contribution in [0.2, 0.25) is 5.15 Å². The SMILES string of the molecule is Cc1nccc2c1ccn2[C@@H]1C[C@H](CCc2ccc3cc(Br)c(Cl)nc3c2)[C@@H](O)[C@H]1O. The van der Waals surface area contributed by atoms with Crippen LogP contribution < -0.4 is 0 Å². The van der Waals surface area contributed by atoms with Crippen LogP contribution in [0.25, 0.3) is 21.8 Å². The number of aryl methyl sites for hydroxylation is 2. The summed E-state index contributed by atoms with van der Waals surface area (Å²) in [6.45, 7) is 1.99. The van der Waals surface area contributed by atoms with Gasteiger partial charge in [-0.05, 0) is 77.9 Å². The second-order valence-electron chi connectivity index (χ2n) is 8.42. The van der Waals surface area contributed by atoms with Crippen LogP contribution in [0.15, 0.2) is 53.3 Å². The summed E-state index contributed by atoms with van der Waals surface area (Å²) >= 11 is 9.56. The number of fused-ring (bicyclic) bond motifs is 2. The first-order valence-electron chi connectivity index (χ1n) is 10.5. The first-order chi connectivity index (χ1) is 14.9. The minimum Gasteiger partial charge on any atom is -0.390 e. The highest BCUT2D eigenvalue weighted by molar-refractivity contribution is 9.10. The van der Waals surface area contributed by atoms with Crippen LogP contribution >= 0.6 is 27.5 Å². The van der Waals surface area contributed by atoms with Crippen molar-refractivity contribution < 1.29 is 10.2 Å². The average molecular weight is 501 g/mol. The molecule has 0 spiro atoms. The van der Waals surface area contributed by atoms with E-state index in [9.17, 15) is 10.2 Å². The third-order valence-corrected chi connectivity index (χ3v) is 7.69. The Morgan fingerprint density at radius 1 is 1.16 bits per heavy atom. The largest absolute Gasteiger partial charge is 0.390 e. The van der Waals surface area contributed by atoms with Crippen molar-refractivity contribution in [3.8, 4) is 0 Å². The summed E-state index contributed by atoms with van der Waals surface area (Å²) in [5.41, 5.74) is 4.03. The maximum Gasteiger partial charge on any atom is 0.143 e. The predicted octanol–water partition coefficient (Wildman–Crippen LogP) is 5.22. The molecule has 5 nitrogen and oxygen atoms in total. The van der Waals surface area contributed by atoms with E-state index in [1.54, 1.807) is 6.20 Å². The fourth-order valence-electron chi connectivity index (χ4n) is 4.85. The van der Waals surface area contributed by atoms with Gasteiger partial charge in [0.2, 0.25) is 0 Å². The number of pyridine rings is 2. The molecule has 7 heteroatoms. The molecule has 0 radical (unpaired) electrons. The fraction of sp³-hybridized carbons (Fsp3) is 0.333. The molecule has 5 rings (SSSR count). The summed E-state index contributed by atoms with van der Waals surface area (Å²) < 4.78 is 2.88. The Hall–Kier alpha value is -1.99. The summed E-state index contributed by atoms with van der Waals surface area (Å²) in [7, 11) is 0. The van der Waals surface area contributed by atoms with Crippen molar-refractivity contribution in [1.29, 1.82) is 0 Å². The average Bonchev–Trinajstić information content (AvgIpc) is 3.30. The van der Waals surface area contributed by atoms with Gasteiger partial charge in [-0.1, -0.05) is 23.7 Å². The third kappa shape index (κ3) is 3.76. The Morgan fingerprint density at radius 3 is 2.84 bits per heavy atom. The summed E-state index contributed by atoms with van der Waals surface area (Å²) in [6, 6.07) is 12.0. The van der Waals surface area contributed by atoms with Gasteiger partial charge in [0.05, 0.1) is 27.7 Å². The molecule has 0 bridgehead atoms. The lowest BCUT2D eigenvalue weighted by Gasteiger charge is -2.19. The van der Waals surface area contributed by atoms with E-state index in [4.69, 9.17) is 11.6 Å². The second kappa shape index (κ2) is 8.17. The monoisotopic (exact) mass is 499 g/mol. The van der Waals surface area contributed by atoms with Crippen molar-refractivity contribution in [3.63, 3.8) is 0 Å². The van der Waals surface area contributed by atoms with E-state index < -0.39 is 12.2 Å². The Kier molecular flexibility index (Phi) is 5.51. The normalized spacial score (nSPS) is 23.8. The van der Waals surface area contributed by atoms with Gasteiger partial charge in [-0.15, -0.1) is 0 Å². The molecule has 3 heterocycles. The molecule has 0 unspecified atom stereocenters. The number of hydrogen-bond acceptors (Lipinski definition) is 4. The smallest absolute Gasteiger partial charge is 0.143 e. The number of aliphatic hydroxyl groups excluding tert-OH is 2. The molecule has 0 amide bonds. The minimum atomic E-state index is -0.788. The van der Waals surface area contributed by atoms with Gasteiger partial charge in [-0.25, -0.2) is 4.98 Å². The van der Waals surface area contributed by atoms with E-state index in [1.165, 1.54) is 0 Å². The van der Waals surface area contributed by atoms with E-state index in [0.29, 0.717) is 5.15 Å². The first-order valence-corrected chi connectivity index (χ1v) is 11.6. The van der Waals surface area contributed by atoms with Gasteiger partial charge in [0.15, 0.2) is 0 Å². The van der Waals surface area contributed by atoms with E-state index in [2.05, 4.69) is 42.6 Å². The van der Waals surface area contributed by atoms with Crippen molar-refractivity contribution in [2.45, 2.75) is 44.4 Å². The molecule has 1 aromatic carbocycles. The molecule has 0 saturated heterocycles. The van der Waals surface area contributed by atoms with Gasteiger partial charge in [0.25, 0.3) is 0 Å². The number of nitrogens with zero attached hydrogens (tertiary/aromatic N) is 3. The molecule has 0 aliphatic heterocycles. The van der Waals surface area contributed by atoms with Crippen molar-refractivity contribution in [1.82, 2.24) is 14.5 Å². The van der Waals surface area contributed by atoms with Crippen molar-refractivity contribution in [2.75, 3.05) is 0 Å². The summed E-state index contributed by atoms with van der Waals surface area (Å²) in [5, 5.41) is 24.1. The lowest BCUT2D eigenvalue weighted by molar-refractivity contribution is 0.00552. The van der Waals surface area contributed by atoms with E-state index in [1.807, 2.05) is 37.4 Å². The zero-order valence-corrected chi connectivity index (χ0v) is 19.4. The third-order valence-electron chi connectivity index (χ3n) is 6.57. The van der Waals surface area contributed by atoms with Gasteiger partial charge in [-0.3, -0.25) is 4.98 Å².